The first-order valence-corrected chi connectivity index (χ1v) is 8.11. The van der Waals surface area contributed by atoms with Crippen LogP contribution in [0.1, 0.15) is 54.9 Å². The van der Waals surface area contributed by atoms with E-state index in [9.17, 15) is 35.9 Å². The Labute approximate surface area is 154 Å². The Bertz CT molecular complexity index is 526. The summed E-state index contributed by atoms with van der Waals surface area (Å²) in [5.41, 5.74) is -2.13. The smallest absolute Gasteiger partial charge is 0.434 e. The molecule has 0 aromatic carbocycles. The van der Waals surface area contributed by atoms with E-state index in [-0.39, 0.29) is 5.41 Å². The average molecular weight is 408 g/mol. The number of halogens is 6. The van der Waals surface area contributed by atoms with E-state index in [0.29, 0.717) is 6.42 Å². The van der Waals surface area contributed by atoms with Gasteiger partial charge in [0.1, 0.15) is 0 Å². The summed E-state index contributed by atoms with van der Waals surface area (Å²) in [5.74, 6) is -2.84. The number of ether oxygens (including phenoxy) is 2. The molecule has 0 rings (SSSR count). The van der Waals surface area contributed by atoms with E-state index in [2.05, 4.69) is 4.74 Å². The van der Waals surface area contributed by atoms with Gasteiger partial charge in [0.05, 0.1) is 5.41 Å². The van der Waals surface area contributed by atoms with Gasteiger partial charge in [-0.1, -0.05) is 41.5 Å². The molecule has 0 spiro atoms. The molecule has 0 aliphatic rings. The lowest BCUT2D eigenvalue weighted by molar-refractivity contribution is -0.313. The highest BCUT2D eigenvalue weighted by Crippen LogP contribution is 2.47. The van der Waals surface area contributed by atoms with Crippen LogP contribution in [0.3, 0.4) is 0 Å². The van der Waals surface area contributed by atoms with Gasteiger partial charge in [-0.05, 0) is 24.2 Å². The third kappa shape index (κ3) is 7.57. The van der Waals surface area contributed by atoms with Crippen molar-refractivity contribution in [2.75, 3.05) is 6.61 Å². The number of carbonyl (C=O) groups excluding carboxylic acids is 2. The second-order valence-corrected chi connectivity index (χ2v) is 8.85. The third-order valence-corrected chi connectivity index (χ3v) is 4.15. The standard InChI is InChI=1S/C17H26F6O4/c1-13(2,3)9-15(7,14(4,5)6)12(25)26-8-10(24)27-11(16(18,19)20)17(21,22)23/h11H,8-9H2,1-7H3. The van der Waals surface area contributed by atoms with E-state index in [1.807, 2.05) is 20.8 Å². The van der Waals surface area contributed by atoms with Crippen LogP contribution in [0, 0.1) is 16.2 Å². The molecule has 4 nitrogen and oxygen atoms in total. The summed E-state index contributed by atoms with van der Waals surface area (Å²) in [6.45, 7) is 11.0. The predicted octanol–water partition coefficient (Wildman–Crippen LogP) is 5.05. The maximum absolute atomic E-state index is 12.5. The average Bonchev–Trinajstić information content (AvgIpc) is 2.36. The maximum atomic E-state index is 12.5. The van der Waals surface area contributed by atoms with Gasteiger partial charge in [-0.3, -0.25) is 4.79 Å². The van der Waals surface area contributed by atoms with Crippen molar-refractivity contribution in [2.24, 2.45) is 16.2 Å². The normalized spacial score (nSPS) is 16.1. The number of esters is 2. The first-order chi connectivity index (χ1) is 11.6. The number of hydrogen-bond donors (Lipinski definition) is 0. The lowest BCUT2D eigenvalue weighted by atomic mass is 9.61. The fraction of sp³-hybridized carbons (Fsp3) is 0.882. The van der Waals surface area contributed by atoms with E-state index in [0.717, 1.165) is 0 Å². The van der Waals surface area contributed by atoms with Crippen LogP contribution in [0.2, 0.25) is 0 Å². The Morgan fingerprint density at radius 2 is 1.22 bits per heavy atom. The zero-order chi connectivity index (χ0) is 22.1. The first-order valence-electron chi connectivity index (χ1n) is 8.11. The van der Waals surface area contributed by atoms with Crippen LogP contribution in [0.15, 0.2) is 0 Å². The topological polar surface area (TPSA) is 52.6 Å². The minimum atomic E-state index is -5.83. The largest absolute Gasteiger partial charge is 0.453 e. The van der Waals surface area contributed by atoms with Gasteiger partial charge in [0.2, 0.25) is 0 Å². The summed E-state index contributed by atoms with van der Waals surface area (Å²) in [6, 6.07) is 0. The molecule has 0 saturated carbocycles. The molecular weight excluding hydrogens is 382 g/mol. The molecule has 0 saturated heterocycles. The lowest BCUT2D eigenvalue weighted by Crippen LogP contribution is -2.47. The maximum Gasteiger partial charge on any atom is 0.434 e. The van der Waals surface area contributed by atoms with Gasteiger partial charge in [-0.2, -0.15) is 26.3 Å². The Kier molecular flexibility index (Phi) is 7.44. The minimum absolute atomic E-state index is 0.311. The van der Waals surface area contributed by atoms with E-state index in [4.69, 9.17) is 4.74 Å². The molecule has 0 aliphatic heterocycles. The van der Waals surface area contributed by atoms with Crippen LogP contribution in [0.4, 0.5) is 26.3 Å². The zero-order valence-electron chi connectivity index (χ0n) is 16.4. The van der Waals surface area contributed by atoms with Crippen LogP contribution in [-0.2, 0) is 19.1 Å². The van der Waals surface area contributed by atoms with Crippen molar-refractivity contribution in [1.29, 1.82) is 0 Å². The van der Waals surface area contributed by atoms with Crippen LogP contribution >= 0.6 is 0 Å². The van der Waals surface area contributed by atoms with E-state index in [1.54, 1.807) is 27.7 Å². The van der Waals surface area contributed by atoms with Crippen LogP contribution in [0.5, 0.6) is 0 Å². The van der Waals surface area contributed by atoms with Gasteiger partial charge in [-0.25, -0.2) is 4.79 Å². The number of carbonyl (C=O) groups is 2. The van der Waals surface area contributed by atoms with E-state index < -0.39 is 47.8 Å². The summed E-state index contributed by atoms with van der Waals surface area (Å²) < 4.78 is 82.6. The van der Waals surface area contributed by atoms with Crippen LogP contribution in [-0.4, -0.2) is 37.0 Å². The van der Waals surface area contributed by atoms with Crippen LogP contribution < -0.4 is 0 Å². The van der Waals surface area contributed by atoms with Crippen molar-refractivity contribution in [1.82, 2.24) is 0 Å². The molecule has 10 heteroatoms. The molecule has 0 aliphatic carbocycles. The molecule has 160 valence electrons. The van der Waals surface area contributed by atoms with Gasteiger partial charge >= 0.3 is 24.3 Å². The van der Waals surface area contributed by atoms with Crippen molar-refractivity contribution in [2.45, 2.75) is 73.3 Å². The Balaban J connectivity index is 5.22. The summed E-state index contributed by atoms with van der Waals surface area (Å²) in [4.78, 5) is 23.9. The molecule has 0 heterocycles. The van der Waals surface area contributed by atoms with Crippen LogP contribution in [0.25, 0.3) is 0 Å². The summed E-state index contributed by atoms with van der Waals surface area (Å²) in [5, 5.41) is 0. The Morgan fingerprint density at radius 1 is 0.815 bits per heavy atom. The molecule has 27 heavy (non-hydrogen) atoms. The molecule has 1 unspecified atom stereocenters. The minimum Gasteiger partial charge on any atom is -0.453 e. The number of hydrogen-bond acceptors (Lipinski definition) is 4. The predicted molar refractivity (Wildman–Crippen MR) is 84.6 cm³/mol. The van der Waals surface area contributed by atoms with E-state index in [1.165, 1.54) is 0 Å². The van der Waals surface area contributed by atoms with Crippen molar-refractivity contribution < 1.29 is 45.4 Å². The van der Waals surface area contributed by atoms with Gasteiger partial charge in [-0.15, -0.1) is 0 Å². The summed E-state index contributed by atoms with van der Waals surface area (Å²) in [7, 11) is 0. The second-order valence-electron chi connectivity index (χ2n) is 8.85. The fourth-order valence-corrected chi connectivity index (χ4v) is 2.47. The van der Waals surface area contributed by atoms with Gasteiger partial charge in [0.15, 0.2) is 6.61 Å². The fourth-order valence-electron chi connectivity index (χ4n) is 2.47. The molecule has 0 N–H and O–H groups in total. The highest BCUT2D eigenvalue weighted by atomic mass is 19.4. The van der Waals surface area contributed by atoms with Gasteiger partial charge in [0, 0.05) is 0 Å². The molecule has 0 bridgehead atoms. The molecular formula is C17H26F6O4. The Morgan fingerprint density at radius 3 is 1.52 bits per heavy atom. The van der Waals surface area contributed by atoms with E-state index >= 15 is 0 Å². The van der Waals surface area contributed by atoms with Crippen molar-refractivity contribution in [3.63, 3.8) is 0 Å². The Hall–Kier alpha value is -1.48. The molecule has 0 aromatic heterocycles. The summed E-state index contributed by atoms with van der Waals surface area (Å²) in [6.07, 6.45) is -15.6. The molecule has 1 atom stereocenters. The quantitative estimate of drug-likeness (QED) is 0.472. The highest BCUT2D eigenvalue weighted by molar-refractivity contribution is 5.81. The molecule has 0 amide bonds. The number of rotatable bonds is 5. The van der Waals surface area contributed by atoms with Crippen molar-refractivity contribution in [3.05, 3.63) is 0 Å². The third-order valence-electron chi connectivity index (χ3n) is 4.15. The SMILES string of the molecule is CC(C)(C)CC(C)(C(=O)OCC(=O)OC(C(F)(F)F)C(F)(F)F)C(C)(C)C. The second kappa shape index (κ2) is 7.87. The van der Waals surface area contributed by atoms with Gasteiger partial charge < -0.3 is 9.47 Å². The monoisotopic (exact) mass is 408 g/mol. The molecule has 0 aromatic rings. The van der Waals surface area contributed by atoms with Gasteiger partial charge in [0.25, 0.3) is 6.10 Å². The lowest BCUT2D eigenvalue weighted by Gasteiger charge is -2.43. The van der Waals surface area contributed by atoms with Crippen molar-refractivity contribution >= 4 is 11.9 Å². The zero-order valence-corrected chi connectivity index (χ0v) is 16.4. The highest BCUT2D eigenvalue weighted by Gasteiger charge is 2.60. The summed E-state index contributed by atoms with van der Waals surface area (Å²) >= 11 is 0. The molecule has 0 radical (unpaired) electrons. The molecule has 0 fully saturated rings. The first kappa shape index (κ1) is 25.5. The number of alkyl halides is 6. The van der Waals surface area contributed by atoms with Crippen molar-refractivity contribution in [3.8, 4) is 0 Å².